The van der Waals surface area contributed by atoms with Crippen LogP contribution in [0.15, 0.2) is 11.6 Å². The largest absolute Gasteiger partial charge is 0.481 e. The molecular weight excluding hydrogens is 324 g/mol. The van der Waals surface area contributed by atoms with Crippen molar-refractivity contribution in [2.45, 2.75) is 65.2 Å². The van der Waals surface area contributed by atoms with Gasteiger partial charge in [-0.2, -0.15) is 0 Å². The Bertz CT molecular complexity index is 713. The number of ketones is 1. The highest BCUT2D eigenvalue weighted by atomic mass is 16.4. The van der Waals surface area contributed by atoms with E-state index >= 15 is 0 Å². The number of carboxylic acids is 1. The number of terminal acetylenes is 1. The van der Waals surface area contributed by atoms with E-state index in [0.29, 0.717) is 41.8 Å². The molecule has 3 saturated carbocycles. The van der Waals surface area contributed by atoms with Gasteiger partial charge < -0.3 is 5.11 Å². The van der Waals surface area contributed by atoms with E-state index in [1.807, 2.05) is 6.08 Å². The van der Waals surface area contributed by atoms with Crippen molar-refractivity contribution in [3.8, 4) is 12.3 Å². The molecule has 26 heavy (non-hydrogen) atoms. The van der Waals surface area contributed by atoms with Crippen LogP contribution in [-0.4, -0.2) is 16.9 Å². The summed E-state index contributed by atoms with van der Waals surface area (Å²) < 4.78 is 0. The summed E-state index contributed by atoms with van der Waals surface area (Å²) in [5.41, 5.74) is 0.832. The van der Waals surface area contributed by atoms with Crippen molar-refractivity contribution in [1.82, 2.24) is 0 Å². The fraction of sp³-hybridized carbons (Fsp3) is 0.739. The maximum absolute atomic E-state index is 11.9. The molecular formula is C23H30O3. The quantitative estimate of drug-likeness (QED) is 0.745. The smallest absolute Gasteiger partial charge is 0.304 e. The molecule has 0 amide bonds. The van der Waals surface area contributed by atoms with Gasteiger partial charge in [0.05, 0.1) is 6.42 Å². The molecule has 3 nitrogen and oxygen atoms in total. The standard InChI is InChI=1S/C23H30O3/c1-4-23(13-20(25)26)10-8-19-21-14(2)11-15-12-16(24)5-6-17(15)18(21)7-9-22(19,23)3/h1,12,14,17-19,21H,5-11,13H2,2-3H3,(H,25,26)/t14-,17?,18?,19?,21?,22+,23+/m1/s1. The van der Waals surface area contributed by atoms with Crippen molar-refractivity contribution < 1.29 is 14.7 Å². The topological polar surface area (TPSA) is 54.4 Å². The van der Waals surface area contributed by atoms with E-state index in [9.17, 15) is 14.7 Å². The zero-order chi connectivity index (χ0) is 18.7. The second kappa shape index (κ2) is 5.98. The maximum atomic E-state index is 11.9. The van der Waals surface area contributed by atoms with E-state index in [4.69, 9.17) is 6.42 Å². The molecule has 4 unspecified atom stereocenters. The summed E-state index contributed by atoms with van der Waals surface area (Å²) in [6.45, 7) is 4.62. The first-order valence-corrected chi connectivity index (χ1v) is 10.2. The van der Waals surface area contributed by atoms with Crippen LogP contribution >= 0.6 is 0 Å². The number of carboxylic acid groups (broad SMARTS) is 1. The van der Waals surface area contributed by atoms with Gasteiger partial charge in [-0.25, -0.2) is 0 Å². The SMILES string of the molecule is C#C[C@@]1(CC(=O)O)CCC2C3C(CC[C@@]21C)C1CCC(=O)C=C1C[C@H]3C. The van der Waals surface area contributed by atoms with Gasteiger partial charge in [0.25, 0.3) is 0 Å². The molecule has 1 N–H and O–H groups in total. The van der Waals surface area contributed by atoms with Crippen molar-refractivity contribution in [3.63, 3.8) is 0 Å². The number of rotatable bonds is 2. The molecule has 4 aliphatic carbocycles. The van der Waals surface area contributed by atoms with Gasteiger partial charge in [-0.15, -0.1) is 6.42 Å². The summed E-state index contributed by atoms with van der Waals surface area (Å²) in [4.78, 5) is 23.5. The molecule has 4 aliphatic rings. The highest BCUT2D eigenvalue weighted by Gasteiger charge is 2.63. The second-order valence-electron chi connectivity index (χ2n) is 9.65. The number of aliphatic carboxylic acids is 1. The van der Waals surface area contributed by atoms with Gasteiger partial charge in [0.15, 0.2) is 5.78 Å². The lowest BCUT2D eigenvalue weighted by atomic mass is 9.46. The molecule has 0 aromatic rings. The minimum Gasteiger partial charge on any atom is -0.481 e. The molecule has 0 aliphatic heterocycles. The molecule has 7 atom stereocenters. The van der Waals surface area contributed by atoms with Crippen molar-refractivity contribution in [2.75, 3.05) is 0 Å². The number of carbonyl (C=O) groups is 2. The van der Waals surface area contributed by atoms with Crippen LogP contribution in [0.5, 0.6) is 0 Å². The summed E-state index contributed by atoms with van der Waals surface area (Å²) >= 11 is 0. The van der Waals surface area contributed by atoms with Crippen LogP contribution < -0.4 is 0 Å². The summed E-state index contributed by atoms with van der Waals surface area (Å²) in [5, 5.41) is 9.50. The van der Waals surface area contributed by atoms with Crippen LogP contribution in [0.2, 0.25) is 0 Å². The van der Waals surface area contributed by atoms with Crippen molar-refractivity contribution in [1.29, 1.82) is 0 Å². The molecule has 0 radical (unpaired) electrons. The van der Waals surface area contributed by atoms with Crippen LogP contribution in [0.3, 0.4) is 0 Å². The zero-order valence-electron chi connectivity index (χ0n) is 16.0. The molecule has 3 fully saturated rings. The van der Waals surface area contributed by atoms with E-state index in [-0.39, 0.29) is 11.8 Å². The van der Waals surface area contributed by atoms with E-state index < -0.39 is 11.4 Å². The molecule has 3 heteroatoms. The van der Waals surface area contributed by atoms with Crippen LogP contribution in [0.25, 0.3) is 0 Å². The van der Waals surface area contributed by atoms with Gasteiger partial charge in [-0.3, -0.25) is 9.59 Å². The minimum atomic E-state index is -0.764. The fourth-order valence-corrected chi connectivity index (χ4v) is 7.56. The minimum absolute atomic E-state index is 0.0682. The molecule has 140 valence electrons. The molecule has 4 rings (SSSR count). The average molecular weight is 354 g/mol. The maximum Gasteiger partial charge on any atom is 0.304 e. The van der Waals surface area contributed by atoms with Gasteiger partial charge in [0.2, 0.25) is 0 Å². The second-order valence-corrected chi connectivity index (χ2v) is 9.65. The van der Waals surface area contributed by atoms with E-state index in [1.54, 1.807) is 0 Å². The van der Waals surface area contributed by atoms with Crippen molar-refractivity contribution >= 4 is 11.8 Å². The third kappa shape index (κ3) is 2.34. The first kappa shape index (κ1) is 17.8. The Labute approximate surface area is 156 Å². The van der Waals surface area contributed by atoms with Crippen molar-refractivity contribution in [2.24, 2.45) is 40.4 Å². The fourth-order valence-electron chi connectivity index (χ4n) is 7.56. The lowest BCUT2D eigenvalue weighted by molar-refractivity contribution is -0.142. The zero-order valence-corrected chi connectivity index (χ0v) is 16.0. The van der Waals surface area contributed by atoms with Gasteiger partial charge in [0, 0.05) is 11.8 Å². The monoisotopic (exact) mass is 354 g/mol. The predicted molar refractivity (Wildman–Crippen MR) is 100 cm³/mol. The molecule has 0 spiro atoms. The highest BCUT2D eigenvalue weighted by Crippen LogP contribution is 2.69. The Morgan fingerprint density at radius 1 is 1.35 bits per heavy atom. The molecule has 0 aromatic heterocycles. The summed E-state index contributed by atoms with van der Waals surface area (Å²) in [6.07, 6.45) is 14.8. The van der Waals surface area contributed by atoms with Crippen LogP contribution in [0.4, 0.5) is 0 Å². The summed E-state index contributed by atoms with van der Waals surface area (Å²) in [5.74, 6) is 5.43. The first-order valence-electron chi connectivity index (χ1n) is 10.2. The lowest BCUT2D eigenvalue weighted by Gasteiger charge is -2.57. The number of carbonyl (C=O) groups excluding carboxylic acids is 1. The third-order valence-corrected chi connectivity index (χ3v) is 8.73. The van der Waals surface area contributed by atoms with E-state index in [1.165, 1.54) is 5.57 Å². The predicted octanol–water partition coefficient (Wildman–Crippen LogP) is 4.47. The highest BCUT2D eigenvalue weighted by molar-refractivity contribution is 5.91. The Hall–Kier alpha value is -1.56. The number of allylic oxidation sites excluding steroid dienone is 1. The van der Waals surface area contributed by atoms with E-state index in [0.717, 1.165) is 38.5 Å². The van der Waals surface area contributed by atoms with Gasteiger partial charge in [0.1, 0.15) is 0 Å². The van der Waals surface area contributed by atoms with Gasteiger partial charge >= 0.3 is 5.97 Å². The number of fused-ring (bicyclic) bond motifs is 5. The molecule has 0 heterocycles. The Morgan fingerprint density at radius 2 is 2.12 bits per heavy atom. The average Bonchev–Trinajstić information content (AvgIpc) is 2.87. The molecule has 0 aromatic carbocycles. The Kier molecular flexibility index (Phi) is 4.10. The normalized spacial score (nSPS) is 47.2. The Balaban J connectivity index is 1.69. The first-order chi connectivity index (χ1) is 12.3. The molecule has 0 saturated heterocycles. The number of hydrogen-bond acceptors (Lipinski definition) is 2. The van der Waals surface area contributed by atoms with Crippen LogP contribution in [0.1, 0.15) is 65.2 Å². The lowest BCUT2D eigenvalue weighted by Crippen LogP contribution is -2.52. The van der Waals surface area contributed by atoms with Crippen LogP contribution in [-0.2, 0) is 9.59 Å². The summed E-state index contributed by atoms with van der Waals surface area (Å²) in [6, 6.07) is 0. The van der Waals surface area contributed by atoms with Crippen LogP contribution in [0, 0.1) is 52.8 Å². The van der Waals surface area contributed by atoms with Gasteiger partial charge in [-0.05, 0) is 79.6 Å². The number of hydrogen-bond donors (Lipinski definition) is 1. The van der Waals surface area contributed by atoms with Gasteiger partial charge in [-0.1, -0.05) is 25.3 Å². The Morgan fingerprint density at radius 3 is 2.81 bits per heavy atom. The van der Waals surface area contributed by atoms with E-state index in [2.05, 4.69) is 19.8 Å². The molecule has 0 bridgehead atoms. The van der Waals surface area contributed by atoms with Crippen molar-refractivity contribution in [3.05, 3.63) is 11.6 Å². The third-order valence-electron chi connectivity index (χ3n) is 8.73. The summed E-state index contributed by atoms with van der Waals surface area (Å²) in [7, 11) is 0.